The van der Waals surface area contributed by atoms with Crippen molar-refractivity contribution < 1.29 is 9.47 Å². The highest BCUT2D eigenvalue weighted by atomic mass is 79.9. The molecular formula is C15H22BrNO2. The summed E-state index contributed by atoms with van der Waals surface area (Å²) in [7, 11) is 0. The molecular weight excluding hydrogens is 306 g/mol. The number of ether oxygens (including phenoxy) is 2. The zero-order valence-corrected chi connectivity index (χ0v) is 13.0. The van der Waals surface area contributed by atoms with E-state index in [0.717, 1.165) is 55.8 Å². The molecule has 1 atom stereocenters. The van der Waals surface area contributed by atoms with Crippen LogP contribution in [-0.4, -0.2) is 32.4 Å². The van der Waals surface area contributed by atoms with Crippen LogP contribution in [0.5, 0.6) is 5.75 Å². The van der Waals surface area contributed by atoms with Crippen molar-refractivity contribution in [3.63, 3.8) is 0 Å². The summed E-state index contributed by atoms with van der Waals surface area (Å²) in [4.78, 5) is 0. The fourth-order valence-corrected chi connectivity index (χ4v) is 2.62. The lowest BCUT2D eigenvalue weighted by atomic mass is 10.1. The molecule has 19 heavy (non-hydrogen) atoms. The maximum Gasteiger partial charge on any atom is 0.123 e. The van der Waals surface area contributed by atoms with Crippen molar-refractivity contribution in [3.05, 3.63) is 28.2 Å². The van der Waals surface area contributed by atoms with E-state index in [1.807, 2.05) is 12.1 Å². The molecule has 0 spiro atoms. The van der Waals surface area contributed by atoms with E-state index in [9.17, 15) is 0 Å². The van der Waals surface area contributed by atoms with Gasteiger partial charge in [-0.2, -0.15) is 0 Å². The summed E-state index contributed by atoms with van der Waals surface area (Å²) >= 11 is 3.49. The second kappa shape index (κ2) is 7.88. The lowest BCUT2D eigenvalue weighted by Crippen LogP contribution is -2.31. The molecule has 0 amide bonds. The highest BCUT2D eigenvalue weighted by Crippen LogP contribution is 2.30. The molecule has 1 N–H and O–H groups in total. The van der Waals surface area contributed by atoms with Crippen LogP contribution in [0, 0.1) is 0 Å². The van der Waals surface area contributed by atoms with E-state index in [1.54, 1.807) is 0 Å². The largest absolute Gasteiger partial charge is 0.488 e. The van der Waals surface area contributed by atoms with Crippen molar-refractivity contribution in [2.45, 2.75) is 32.3 Å². The summed E-state index contributed by atoms with van der Waals surface area (Å²) in [5.74, 6) is 1.03. The summed E-state index contributed by atoms with van der Waals surface area (Å²) in [6.45, 7) is 5.74. The van der Waals surface area contributed by atoms with Crippen LogP contribution in [0.2, 0.25) is 0 Å². The molecule has 0 aromatic heterocycles. The molecule has 4 heteroatoms. The van der Waals surface area contributed by atoms with Crippen molar-refractivity contribution in [2.75, 3.05) is 26.3 Å². The maximum atomic E-state index is 5.89. The van der Waals surface area contributed by atoms with Gasteiger partial charge in [0.2, 0.25) is 0 Å². The Morgan fingerprint density at radius 1 is 1.42 bits per heavy atom. The van der Waals surface area contributed by atoms with Crippen molar-refractivity contribution in [2.24, 2.45) is 0 Å². The summed E-state index contributed by atoms with van der Waals surface area (Å²) in [6.07, 6.45) is 3.41. The van der Waals surface area contributed by atoms with E-state index in [0.29, 0.717) is 0 Å². The third-order valence-electron chi connectivity index (χ3n) is 3.13. The Morgan fingerprint density at radius 3 is 3.16 bits per heavy atom. The molecule has 1 unspecified atom stereocenters. The predicted octanol–water partition coefficient (Wildman–Crippen LogP) is 3.16. The first-order valence-electron chi connectivity index (χ1n) is 7.03. The topological polar surface area (TPSA) is 30.5 Å². The average molecular weight is 328 g/mol. The molecule has 2 rings (SSSR count). The summed E-state index contributed by atoms with van der Waals surface area (Å²) in [5, 5.41) is 3.44. The third kappa shape index (κ3) is 4.79. The lowest BCUT2D eigenvalue weighted by molar-refractivity contribution is 0.131. The molecule has 0 radical (unpaired) electrons. The molecule has 1 aromatic rings. The number of fused-ring (bicyclic) bond motifs is 1. The van der Waals surface area contributed by atoms with Crippen molar-refractivity contribution in [1.82, 2.24) is 5.32 Å². The van der Waals surface area contributed by atoms with Gasteiger partial charge in [0.1, 0.15) is 11.9 Å². The summed E-state index contributed by atoms with van der Waals surface area (Å²) in [5.41, 5.74) is 1.30. The highest BCUT2D eigenvalue weighted by molar-refractivity contribution is 9.10. The first kappa shape index (κ1) is 14.8. The Bertz CT molecular complexity index is 398. The van der Waals surface area contributed by atoms with Gasteiger partial charge < -0.3 is 14.8 Å². The second-order valence-corrected chi connectivity index (χ2v) is 5.78. The second-order valence-electron chi connectivity index (χ2n) is 4.87. The average Bonchev–Trinajstić information content (AvgIpc) is 2.79. The molecule has 0 saturated heterocycles. The van der Waals surface area contributed by atoms with E-state index in [4.69, 9.17) is 9.47 Å². The third-order valence-corrected chi connectivity index (χ3v) is 3.62. The summed E-state index contributed by atoms with van der Waals surface area (Å²) in [6, 6.07) is 6.21. The molecule has 106 valence electrons. The van der Waals surface area contributed by atoms with Crippen LogP contribution in [0.15, 0.2) is 22.7 Å². The van der Waals surface area contributed by atoms with Gasteiger partial charge in [-0.1, -0.05) is 22.9 Å². The molecule has 1 aliphatic heterocycles. The van der Waals surface area contributed by atoms with E-state index < -0.39 is 0 Å². The number of nitrogens with one attached hydrogen (secondary N) is 1. The summed E-state index contributed by atoms with van der Waals surface area (Å²) < 4.78 is 12.5. The minimum atomic E-state index is 0.265. The molecule has 1 aliphatic rings. The van der Waals surface area contributed by atoms with E-state index >= 15 is 0 Å². The number of hydrogen-bond acceptors (Lipinski definition) is 3. The van der Waals surface area contributed by atoms with Crippen molar-refractivity contribution in [3.8, 4) is 5.75 Å². The molecule has 3 nitrogen and oxygen atoms in total. The van der Waals surface area contributed by atoms with E-state index in [2.05, 4.69) is 34.2 Å². The molecule has 1 heterocycles. The van der Waals surface area contributed by atoms with Gasteiger partial charge in [-0.25, -0.2) is 0 Å². The molecule has 0 bridgehead atoms. The Balaban J connectivity index is 1.59. The number of hydrogen-bond donors (Lipinski definition) is 1. The highest BCUT2D eigenvalue weighted by Gasteiger charge is 2.22. The van der Waals surface area contributed by atoms with Crippen LogP contribution >= 0.6 is 15.9 Å². The SMILES string of the molecule is CCCOCCCNCC1Cc2cc(Br)ccc2O1. The van der Waals surface area contributed by atoms with Gasteiger partial charge in [-0.3, -0.25) is 0 Å². The minimum absolute atomic E-state index is 0.265. The van der Waals surface area contributed by atoms with Crippen molar-refractivity contribution in [1.29, 1.82) is 0 Å². The monoisotopic (exact) mass is 327 g/mol. The van der Waals surface area contributed by atoms with Gasteiger partial charge >= 0.3 is 0 Å². The Kier molecular flexibility index (Phi) is 6.14. The number of halogens is 1. The van der Waals surface area contributed by atoms with Crippen LogP contribution in [0.25, 0.3) is 0 Å². The van der Waals surface area contributed by atoms with Crippen molar-refractivity contribution >= 4 is 15.9 Å². The van der Waals surface area contributed by atoms with Gasteiger partial charge in [0.25, 0.3) is 0 Å². The zero-order valence-electron chi connectivity index (χ0n) is 11.5. The number of benzene rings is 1. The van der Waals surface area contributed by atoms with Gasteiger partial charge in [-0.05, 0) is 43.1 Å². The molecule has 1 aromatic carbocycles. The van der Waals surface area contributed by atoms with Crippen LogP contribution < -0.4 is 10.1 Å². The van der Waals surface area contributed by atoms with Gasteiger partial charge in [0.15, 0.2) is 0 Å². The first-order valence-corrected chi connectivity index (χ1v) is 7.82. The van der Waals surface area contributed by atoms with Crippen LogP contribution in [0.3, 0.4) is 0 Å². The smallest absolute Gasteiger partial charge is 0.123 e. The minimum Gasteiger partial charge on any atom is -0.488 e. The van der Waals surface area contributed by atoms with Gasteiger partial charge in [0.05, 0.1) is 0 Å². The van der Waals surface area contributed by atoms with Crippen LogP contribution in [0.1, 0.15) is 25.3 Å². The van der Waals surface area contributed by atoms with Gasteiger partial charge in [-0.15, -0.1) is 0 Å². The van der Waals surface area contributed by atoms with E-state index in [1.165, 1.54) is 5.56 Å². The first-order chi connectivity index (χ1) is 9.29. The maximum absolute atomic E-state index is 5.89. The van der Waals surface area contributed by atoms with Crippen LogP contribution in [0.4, 0.5) is 0 Å². The Hall–Kier alpha value is -0.580. The van der Waals surface area contributed by atoms with Gasteiger partial charge in [0, 0.05) is 30.7 Å². The predicted molar refractivity (Wildman–Crippen MR) is 80.9 cm³/mol. The number of rotatable bonds is 8. The van der Waals surface area contributed by atoms with E-state index in [-0.39, 0.29) is 6.10 Å². The molecule has 0 aliphatic carbocycles. The Labute approximate surface area is 123 Å². The normalized spacial score (nSPS) is 17.3. The fraction of sp³-hybridized carbons (Fsp3) is 0.600. The standard InChI is InChI=1S/C15H22BrNO2/c1-2-7-18-8-3-6-17-11-14-10-12-9-13(16)4-5-15(12)19-14/h4-5,9,14,17H,2-3,6-8,10-11H2,1H3. The fourth-order valence-electron chi connectivity index (χ4n) is 2.21. The quantitative estimate of drug-likeness (QED) is 0.744. The van der Waals surface area contributed by atoms with Crippen LogP contribution in [-0.2, 0) is 11.2 Å². The molecule has 0 saturated carbocycles. The zero-order chi connectivity index (χ0) is 13.5. The lowest BCUT2D eigenvalue weighted by Gasteiger charge is -2.11. The Morgan fingerprint density at radius 2 is 2.32 bits per heavy atom. The molecule has 0 fully saturated rings.